The molecule has 1 aliphatic rings. The molecule has 0 spiro atoms. The highest BCUT2D eigenvalue weighted by Crippen LogP contribution is 2.39. The molecule has 0 saturated heterocycles. The third kappa shape index (κ3) is 2.70. The van der Waals surface area contributed by atoms with Crippen LogP contribution in [0, 0.1) is 0 Å². The first-order valence-corrected chi connectivity index (χ1v) is 7.85. The molecular formula is C17H21ClN4O2. The van der Waals surface area contributed by atoms with Crippen molar-refractivity contribution in [2.75, 3.05) is 14.1 Å². The Morgan fingerprint density at radius 1 is 1.25 bits per heavy atom. The largest absolute Gasteiger partial charge is 0.451 e. The summed E-state index contributed by atoms with van der Waals surface area (Å²) in [7, 11) is 4.04. The van der Waals surface area contributed by atoms with Gasteiger partial charge in [0.15, 0.2) is 11.6 Å². The Morgan fingerprint density at radius 2 is 2.00 bits per heavy atom. The zero-order valence-electron chi connectivity index (χ0n) is 13.8. The first-order chi connectivity index (χ1) is 11.1. The highest BCUT2D eigenvalue weighted by atomic mass is 35.5. The van der Waals surface area contributed by atoms with Crippen molar-refractivity contribution in [1.82, 2.24) is 15.0 Å². The maximum atomic E-state index is 6.29. The molecule has 128 valence electrons. The van der Waals surface area contributed by atoms with E-state index in [9.17, 15) is 0 Å². The summed E-state index contributed by atoms with van der Waals surface area (Å²) in [5.41, 5.74) is 7.73. The number of aromatic nitrogens is 2. The molecule has 0 aliphatic heterocycles. The fourth-order valence-electron chi connectivity index (χ4n) is 3.04. The van der Waals surface area contributed by atoms with Gasteiger partial charge in [-0.1, -0.05) is 23.4 Å². The van der Waals surface area contributed by atoms with Crippen LogP contribution in [0.5, 0.6) is 0 Å². The second-order valence-electron chi connectivity index (χ2n) is 6.58. The van der Waals surface area contributed by atoms with E-state index in [1.54, 1.807) is 0 Å². The number of fused-ring (bicyclic) bond motifs is 1. The Morgan fingerprint density at radius 3 is 2.67 bits per heavy atom. The summed E-state index contributed by atoms with van der Waals surface area (Å²) in [6, 6.07) is 7.96. The molecule has 0 bridgehead atoms. The summed E-state index contributed by atoms with van der Waals surface area (Å²) in [6.45, 7) is 0.734. The number of nitrogens with zero attached hydrogens (tertiary/aromatic N) is 3. The average molecular weight is 349 g/mol. The van der Waals surface area contributed by atoms with Crippen molar-refractivity contribution >= 4 is 23.4 Å². The highest BCUT2D eigenvalue weighted by molar-refractivity contribution is 5.86. The van der Waals surface area contributed by atoms with Crippen molar-refractivity contribution in [3.63, 3.8) is 0 Å². The zero-order chi connectivity index (χ0) is 16.0. The summed E-state index contributed by atoms with van der Waals surface area (Å²) >= 11 is 0. The zero-order valence-corrected chi connectivity index (χ0v) is 14.6. The van der Waals surface area contributed by atoms with Gasteiger partial charge in [0.25, 0.3) is 5.89 Å². The summed E-state index contributed by atoms with van der Waals surface area (Å²) in [4.78, 5) is 6.61. The molecule has 1 aliphatic carbocycles. The van der Waals surface area contributed by atoms with E-state index in [0.29, 0.717) is 17.5 Å². The predicted molar refractivity (Wildman–Crippen MR) is 93.9 cm³/mol. The van der Waals surface area contributed by atoms with Gasteiger partial charge in [-0.2, -0.15) is 4.98 Å². The van der Waals surface area contributed by atoms with E-state index in [1.165, 1.54) is 0 Å². The Hall–Kier alpha value is -1.89. The number of nitrogens with two attached hydrogens (primary N) is 1. The van der Waals surface area contributed by atoms with E-state index in [0.717, 1.165) is 42.3 Å². The molecule has 4 rings (SSSR count). The Bertz CT molecular complexity index is 851. The van der Waals surface area contributed by atoms with Crippen LogP contribution in [0.3, 0.4) is 0 Å². The number of hydrogen-bond donors (Lipinski definition) is 1. The standard InChI is InChI=1S/C17H20N4O2.ClH/c1-21(2)10-12-11-6-3-4-7-13(11)22-14(12)15-19-16(20-23-15)17(18)8-5-9-17;/h3-4,6-7H,5,8-10,18H2,1-2H3;1H. The fraction of sp³-hybridized carbons (Fsp3) is 0.412. The summed E-state index contributed by atoms with van der Waals surface area (Å²) in [5, 5.41) is 5.16. The van der Waals surface area contributed by atoms with E-state index in [1.807, 2.05) is 32.3 Å². The number of para-hydroxylation sites is 1. The second-order valence-corrected chi connectivity index (χ2v) is 6.58. The molecule has 2 heterocycles. The van der Waals surface area contributed by atoms with Crippen molar-refractivity contribution in [3.8, 4) is 11.7 Å². The molecule has 1 saturated carbocycles. The first kappa shape index (κ1) is 17.0. The molecule has 0 radical (unpaired) electrons. The Kier molecular flexibility index (Phi) is 4.38. The monoisotopic (exact) mass is 348 g/mol. The molecule has 2 N–H and O–H groups in total. The first-order valence-electron chi connectivity index (χ1n) is 7.85. The van der Waals surface area contributed by atoms with Crippen LogP contribution in [-0.2, 0) is 12.1 Å². The van der Waals surface area contributed by atoms with Crippen LogP contribution < -0.4 is 5.73 Å². The van der Waals surface area contributed by atoms with Gasteiger partial charge < -0.3 is 19.6 Å². The summed E-state index contributed by atoms with van der Waals surface area (Å²) in [6.07, 6.45) is 2.91. The normalized spacial score (nSPS) is 16.2. The van der Waals surface area contributed by atoms with Gasteiger partial charge in [0, 0.05) is 17.5 Å². The maximum absolute atomic E-state index is 6.29. The topological polar surface area (TPSA) is 81.3 Å². The molecule has 0 amide bonds. The lowest BCUT2D eigenvalue weighted by molar-refractivity contribution is 0.229. The number of furan rings is 1. The van der Waals surface area contributed by atoms with Crippen molar-refractivity contribution in [2.45, 2.75) is 31.3 Å². The van der Waals surface area contributed by atoms with Gasteiger partial charge in [-0.05, 0) is 39.4 Å². The second kappa shape index (κ2) is 6.20. The smallest absolute Gasteiger partial charge is 0.294 e. The van der Waals surface area contributed by atoms with Gasteiger partial charge in [-0.15, -0.1) is 12.4 Å². The van der Waals surface area contributed by atoms with Crippen LogP contribution in [0.2, 0.25) is 0 Å². The number of rotatable bonds is 4. The molecule has 24 heavy (non-hydrogen) atoms. The number of benzene rings is 1. The maximum Gasteiger partial charge on any atom is 0.294 e. The van der Waals surface area contributed by atoms with Crippen LogP contribution in [0.1, 0.15) is 30.7 Å². The van der Waals surface area contributed by atoms with Gasteiger partial charge in [-0.3, -0.25) is 0 Å². The van der Waals surface area contributed by atoms with Gasteiger partial charge in [0.2, 0.25) is 0 Å². The number of halogens is 1. The molecule has 1 fully saturated rings. The lowest BCUT2D eigenvalue weighted by Gasteiger charge is -2.34. The molecule has 0 unspecified atom stereocenters. The minimum atomic E-state index is -0.435. The van der Waals surface area contributed by atoms with Crippen molar-refractivity contribution < 1.29 is 8.94 Å². The van der Waals surface area contributed by atoms with E-state index >= 15 is 0 Å². The number of hydrogen-bond acceptors (Lipinski definition) is 6. The Balaban J connectivity index is 0.00000169. The minimum absolute atomic E-state index is 0. The lowest BCUT2D eigenvalue weighted by atomic mass is 9.77. The molecule has 6 nitrogen and oxygen atoms in total. The van der Waals surface area contributed by atoms with E-state index in [-0.39, 0.29) is 12.4 Å². The quantitative estimate of drug-likeness (QED) is 0.779. The molecular weight excluding hydrogens is 328 g/mol. The van der Waals surface area contributed by atoms with Crippen LogP contribution in [0.4, 0.5) is 0 Å². The van der Waals surface area contributed by atoms with E-state index in [2.05, 4.69) is 21.1 Å². The third-order valence-electron chi connectivity index (χ3n) is 4.48. The Labute approximate surface area is 146 Å². The van der Waals surface area contributed by atoms with Crippen LogP contribution >= 0.6 is 12.4 Å². The predicted octanol–water partition coefficient (Wildman–Crippen LogP) is 3.30. The lowest BCUT2D eigenvalue weighted by Crippen LogP contribution is -2.44. The van der Waals surface area contributed by atoms with Crippen molar-refractivity contribution in [3.05, 3.63) is 35.7 Å². The highest BCUT2D eigenvalue weighted by Gasteiger charge is 2.39. The molecule has 1 aromatic carbocycles. The van der Waals surface area contributed by atoms with Crippen LogP contribution in [0.25, 0.3) is 22.6 Å². The molecule has 0 atom stereocenters. The average Bonchev–Trinajstić information content (AvgIpc) is 3.10. The van der Waals surface area contributed by atoms with Gasteiger partial charge in [0.05, 0.1) is 5.54 Å². The van der Waals surface area contributed by atoms with Crippen LogP contribution in [0.15, 0.2) is 33.2 Å². The SMILES string of the molecule is CN(C)Cc1c(-c2nc(C3(N)CCC3)no2)oc2ccccc12.Cl. The minimum Gasteiger partial charge on any atom is -0.451 e. The van der Waals surface area contributed by atoms with Crippen molar-refractivity contribution in [1.29, 1.82) is 0 Å². The molecule has 7 heteroatoms. The fourth-order valence-corrected chi connectivity index (χ4v) is 3.04. The summed E-state index contributed by atoms with van der Waals surface area (Å²) in [5.74, 6) is 1.63. The van der Waals surface area contributed by atoms with Gasteiger partial charge in [0.1, 0.15) is 5.58 Å². The van der Waals surface area contributed by atoms with E-state index in [4.69, 9.17) is 14.7 Å². The third-order valence-corrected chi connectivity index (χ3v) is 4.48. The summed E-state index contributed by atoms with van der Waals surface area (Å²) < 4.78 is 11.5. The van der Waals surface area contributed by atoms with Gasteiger partial charge >= 0.3 is 0 Å². The molecule has 3 aromatic rings. The van der Waals surface area contributed by atoms with Crippen molar-refractivity contribution in [2.24, 2.45) is 5.73 Å². The molecule has 2 aromatic heterocycles. The van der Waals surface area contributed by atoms with Crippen LogP contribution in [-0.4, -0.2) is 29.1 Å². The van der Waals surface area contributed by atoms with Gasteiger partial charge in [-0.25, -0.2) is 0 Å². The van der Waals surface area contributed by atoms with E-state index < -0.39 is 5.54 Å².